The van der Waals surface area contributed by atoms with Gasteiger partial charge >= 0.3 is 0 Å². The van der Waals surface area contributed by atoms with Gasteiger partial charge in [0.2, 0.25) is 0 Å². The average Bonchev–Trinajstić information content (AvgIpc) is 3.11. The number of pyridine rings is 2. The first-order valence-electron chi connectivity index (χ1n) is 8.86. The van der Waals surface area contributed by atoms with Crippen LogP contribution in [0.3, 0.4) is 0 Å². The van der Waals surface area contributed by atoms with E-state index in [0.717, 1.165) is 35.6 Å². The topological polar surface area (TPSA) is 66.0 Å². The molecule has 5 heteroatoms. The normalized spacial score (nSPS) is 10.7. The molecule has 0 amide bonds. The molecule has 0 atom stereocenters. The van der Waals surface area contributed by atoms with Gasteiger partial charge in [0.25, 0.3) is 0 Å². The maximum atomic E-state index is 9.13. The number of nitriles is 1. The van der Waals surface area contributed by atoms with Crippen LogP contribution in [0.2, 0.25) is 0 Å². The minimum atomic E-state index is 0.604. The second-order valence-corrected chi connectivity index (χ2v) is 6.38. The molecule has 0 aliphatic carbocycles. The molecule has 0 unspecified atom stereocenters. The number of nitrogens with zero attached hydrogens (tertiary/aromatic N) is 4. The molecule has 1 aromatic carbocycles. The SMILES string of the molecule is CNc1c(-c2cccc(CCc3cccnc3)c2)nc2cc(C#N)ccn12. The molecule has 0 saturated heterocycles. The first-order chi connectivity index (χ1) is 13.3. The van der Waals surface area contributed by atoms with Gasteiger partial charge in [-0.25, -0.2) is 4.98 Å². The molecule has 0 bridgehead atoms. The number of hydrogen-bond acceptors (Lipinski definition) is 4. The number of fused-ring (bicyclic) bond motifs is 1. The van der Waals surface area contributed by atoms with Gasteiger partial charge in [-0.05, 0) is 48.2 Å². The Labute approximate surface area is 158 Å². The maximum Gasteiger partial charge on any atom is 0.140 e. The lowest BCUT2D eigenvalue weighted by Crippen LogP contribution is -1.96. The van der Waals surface area contributed by atoms with Crippen molar-refractivity contribution in [2.24, 2.45) is 0 Å². The molecule has 5 nitrogen and oxygen atoms in total. The lowest BCUT2D eigenvalue weighted by Gasteiger charge is -2.07. The molecule has 0 fully saturated rings. The minimum Gasteiger partial charge on any atom is -0.372 e. The van der Waals surface area contributed by atoms with E-state index in [-0.39, 0.29) is 0 Å². The summed E-state index contributed by atoms with van der Waals surface area (Å²) in [4.78, 5) is 8.94. The van der Waals surface area contributed by atoms with Crippen molar-refractivity contribution in [2.45, 2.75) is 12.8 Å². The Morgan fingerprint density at radius 2 is 1.93 bits per heavy atom. The van der Waals surface area contributed by atoms with E-state index in [9.17, 15) is 0 Å². The van der Waals surface area contributed by atoms with Crippen LogP contribution < -0.4 is 5.32 Å². The summed E-state index contributed by atoms with van der Waals surface area (Å²) in [7, 11) is 1.89. The zero-order chi connectivity index (χ0) is 18.6. The smallest absolute Gasteiger partial charge is 0.140 e. The van der Waals surface area contributed by atoms with Crippen molar-refractivity contribution in [1.29, 1.82) is 5.26 Å². The summed E-state index contributed by atoms with van der Waals surface area (Å²) >= 11 is 0. The number of imidazole rings is 1. The second-order valence-electron chi connectivity index (χ2n) is 6.38. The quantitative estimate of drug-likeness (QED) is 0.587. The molecule has 0 aliphatic rings. The zero-order valence-electron chi connectivity index (χ0n) is 15.1. The first kappa shape index (κ1) is 16.8. The highest BCUT2D eigenvalue weighted by Gasteiger charge is 2.13. The monoisotopic (exact) mass is 353 g/mol. The number of nitrogens with one attached hydrogen (secondary N) is 1. The second kappa shape index (κ2) is 7.30. The van der Waals surface area contributed by atoms with Crippen LogP contribution in [0.4, 0.5) is 5.82 Å². The van der Waals surface area contributed by atoms with Crippen LogP contribution in [0.25, 0.3) is 16.9 Å². The Morgan fingerprint density at radius 1 is 1.07 bits per heavy atom. The fraction of sp³-hybridized carbons (Fsp3) is 0.136. The highest BCUT2D eigenvalue weighted by molar-refractivity contribution is 5.77. The van der Waals surface area contributed by atoms with Crippen LogP contribution >= 0.6 is 0 Å². The Morgan fingerprint density at radius 3 is 2.70 bits per heavy atom. The fourth-order valence-electron chi connectivity index (χ4n) is 3.26. The predicted octanol–water partition coefficient (Wildman–Crippen LogP) is 4.09. The minimum absolute atomic E-state index is 0.604. The van der Waals surface area contributed by atoms with Gasteiger partial charge in [0.1, 0.15) is 17.2 Å². The van der Waals surface area contributed by atoms with E-state index in [1.54, 1.807) is 18.3 Å². The summed E-state index contributed by atoms with van der Waals surface area (Å²) in [5.74, 6) is 0.916. The van der Waals surface area contributed by atoms with E-state index in [1.165, 1.54) is 11.1 Å². The molecule has 0 aliphatic heterocycles. The molecule has 0 spiro atoms. The summed E-state index contributed by atoms with van der Waals surface area (Å²) in [6.45, 7) is 0. The van der Waals surface area contributed by atoms with Crippen LogP contribution in [0.15, 0.2) is 67.1 Å². The molecule has 3 heterocycles. The summed E-state index contributed by atoms with van der Waals surface area (Å²) in [5.41, 5.74) is 5.80. The Bertz CT molecular complexity index is 1120. The maximum absolute atomic E-state index is 9.13. The van der Waals surface area contributed by atoms with Gasteiger partial charge in [0.15, 0.2) is 0 Å². The molecule has 27 heavy (non-hydrogen) atoms. The highest BCUT2D eigenvalue weighted by atomic mass is 15.1. The van der Waals surface area contributed by atoms with Crippen molar-refractivity contribution in [3.63, 3.8) is 0 Å². The number of anilines is 1. The summed E-state index contributed by atoms with van der Waals surface area (Å²) in [6.07, 6.45) is 7.48. The standard InChI is InChI=1S/C22H19N5/c1-24-22-21(26-20-13-18(14-23)9-11-27(20)22)19-6-2-4-16(12-19)7-8-17-5-3-10-25-15-17/h2-6,9-13,15,24H,7-8H2,1H3. The van der Waals surface area contributed by atoms with Gasteiger partial charge in [0.05, 0.1) is 11.6 Å². The van der Waals surface area contributed by atoms with Crippen LogP contribution in [0.5, 0.6) is 0 Å². The zero-order valence-corrected chi connectivity index (χ0v) is 15.1. The Balaban J connectivity index is 1.68. The summed E-state index contributed by atoms with van der Waals surface area (Å²) in [6, 6.07) is 18.3. The number of benzene rings is 1. The third-order valence-electron chi connectivity index (χ3n) is 4.62. The Kier molecular flexibility index (Phi) is 4.54. The fourth-order valence-corrected chi connectivity index (χ4v) is 3.26. The van der Waals surface area contributed by atoms with E-state index in [1.807, 2.05) is 29.9 Å². The van der Waals surface area contributed by atoms with E-state index in [2.05, 4.69) is 46.7 Å². The van der Waals surface area contributed by atoms with Crippen molar-refractivity contribution in [3.8, 4) is 17.3 Å². The van der Waals surface area contributed by atoms with Crippen molar-refractivity contribution < 1.29 is 0 Å². The van der Waals surface area contributed by atoms with E-state index in [4.69, 9.17) is 10.2 Å². The van der Waals surface area contributed by atoms with Gasteiger partial charge < -0.3 is 5.32 Å². The van der Waals surface area contributed by atoms with Crippen LogP contribution in [-0.4, -0.2) is 21.4 Å². The van der Waals surface area contributed by atoms with Crippen molar-refractivity contribution in [2.75, 3.05) is 12.4 Å². The predicted molar refractivity (Wildman–Crippen MR) is 107 cm³/mol. The van der Waals surface area contributed by atoms with Gasteiger partial charge in [-0.1, -0.05) is 24.3 Å². The van der Waals surface area contributed by atoms with Gasteiger partial charge in [0, 0.05) is 31.2 Å². The molecule has 3 aromatic heterocycles. The van der Waals surface area contributed by atoms with E-state index in [0.29, 0.717) is 5.56 Å². The molecule has 1 N–H and O–H groups in total. The lowest BCUT2D eigenvalue weighted by molar-refractivity contribution is 0.950. The molecule has 132 valence electrons. The number of aryl methyl sites for hydroxylation is 2. The molecule has 4 aromatic rings. The average molecular weight is 353 g/mol. The highest BCUT2D eigenvalue weighted by Crippen LogP contribution is 2.29. The van der Waals surface area contributed by atoms with Crippen LogP contribution in [-0.2, 0) is 12.8 Å². The van der Waals surface area contributed by atoms with E-state index >= 15 is 0 Å². The third kappa shape index (κ3) is 3.38. The van der Waals surface area contributed by atoms with E-state index < -0.39 is 0 Å². The number of hydrogen-bond donors (Lipinski definition) is 1. The Hall–Kier alpha value is -3.65. The van der Waals surface area contributed by atoms with Crippen molar-refractivity contribution in [3.05, 3.63) is 83.8 Å². The largest absolute Gasteiger partial charge is 0.372 e. The first-order valence-corrected chi connectivity index (χ1v) is 8.86. The summed E-state index contributed by atoms with van der Waals surface area (Å²) in [5, 5.41) is 12.4. The molecular formula is C22H19N5. The molecule has 0 radical (unpaired) electrons. The third-order valence-corrected chi connectivity index (χ3v) is 4.62. The number of aromatic nitrogens is 3. The van der Waals surface area contributed by atoms with Gasteiger partial charge in [-0.2, -0.15) is 5.26 Å². The molecule has 0 saturated carbocycles. The molecular weight excluding hydrogens is 334 g/mol. The van der Waals surface area contributed by atoms with Gasteiger partial charge in [-0.15, -0.1) is 0 Å². The van der Waals surface area contributed by atoms with Crippen molar-refractivity contribution in [1.82, 2.24) is 14.4 Å². The van der Waals surface area contributed by atoms with Crippen LogP contribution in [0, 0.1) is 11.3 Å². The summed E-state index contributed by atoms with van der Waals surface area (Å²) < 4.78 is 1.97. The van der Waals surface area contributed by atoms with Gasteiger partial charge in [-0.3, -0.25) is 9.38 Å². The lowest BCUT2D eigenvalue weighted by atomic mass is 10.0. The number of rotatable bonds is 5. The molecule has 4 rings (SSSR count). The van der Waals surface area contributed by atoms with Crippen molar-refractivity contribution >= 4 is 11.5 Å². The van der Waals surface area contributed by atoms with Crippen LogP contribution in [0.1, 0.15) is 16.7 Å².